The Kier molecular flexibility index (Phi) is 9.77. The van der Waals surface area contributed by atoms with Crippen molar-refractivity contribution in [2.75, 3.05) is 13.2 Å². The first kappa shape index (κ1) is 13.9. The third-order valence-corrected chi connectivity index (χ3v) is 1.24. The van der Waals surface area contributed by atoms with Crippen molar-refractivity contribution in [2.45, 2.75) is 4.83 Å². The standard InChI is InChI=1S/C3H5BrO3.C2H4O3/c4-2(1-5)3(6)7;3-1-2(4)5/h2,5H,1H2,(H,6,7);3H,1H2,(H,4,5). The van der Waals surface area contributed by atoms with Crippen molar-refractivity contribution in [2.24, 2.45) is 0 Å². The average Bonchev–Trinajstić information content (AvgIpc) is 2.04. The Bertz CT molecular complexity index is 147. The van der Waals surface area contributed by atoms with E-state index in [0.717, 1.165) is 0 Å². The van der Waals surface area contributed by atoms with E-state index in [4.69, 9.17) is 25.2 Å². The summed E-state index contributed by atoms with van der Waals surface area (Å²) >= 11 is 2.69. The van der Waals surface area contributed by atoms with Crippen molar-refractivity contribution >= 4 is 27.9 Å². The number of aliphatic hydroxyl groups is 2. The van der Waals surface area contributed by atoms with Gasteiger partial charge in [0.1, 0.15) is 11.4 Å². The van der Waals surface area contributed by atoms with Gasteiger partial charge in [-0.05, 0) is 0 Å². The van der Waals surface area contributed by atoms with Crippen molar-refractivity contribution in [3.63, 3.8) is 0 Å². The van der Waals surface area contributed by atoms with Gasteiger partial charge in [-0.15, -0.1) is 0 Å². The number of aliphatic hydroxyl groups excluding tert-OH is 2. The van der Waals surface area contributed by atoms with Crippen LogP contribution in [0.5, 0.6) is 0 Å². The quantitative estimate of drug-likeness (QED) is 0.468. The summed E-state index contributed by atoms with van der Waals surface area (Å²) in [6.07, 6.45) is 0. The molecule has 0 aromatic heterocycles. The van der Waals surface area contributed by atoms with E-state index in [1.165, 1.54) is 0 Å². The molecular formula is C5H9BrO6. The molecule has 1 atom stereocenters. The number of rotatable bonds is 3. The summed E-state index contributed by atoms with van der Waals surface area (Å²) in [6.45, 7) is -1.14. The average molecular weight is 245 g/mol. The van der Waals surface area contributed by atoms with E-state index in [1.54, 1.807) is 0 Å². The van der Waals surface area contributed by atoms with Gasteiger partial charge in [0.2, 0.25) is 0 Å². The molecular weight excluding hydrogens is 236 g/mol. The van der Waals surface area contributed by atoms with Crippen LogP contribution in [0, 0.1) is 0 Å². The van der Waals surface area contributed by atoms with E-state index in [9.17, 15) is 4.79 Å². The molecule has 0 spiro atoms. The van der Waals surface area contributed by atoms with E-state index in [2.05, 4.69) is 15.9 Å². The van der Waals surface area contributed by atoms with Gasteiger partial charge in [-0.25, -0.2) is 4.79 Å². The molecule has 72 valence electrons. The number of aliphatic carboxylic acids is 2. The molecule has 0 radical (unpaired) electrons. The second kappa shape index (κ2) is 8.44. The lowest BCUT2D eigenvalue weighted by Crippen LogP contribution is -2.16. The molecule has 0 aromatic carbocycles. The predicted octanol–water partition coefficient (Wildman–Crippen LogP) is -1.11. The Morgan fingerprint density at radius 3 is 1.58 bits per heavy atom. The molecule has 0 aliphatic carbocycles. The van der Waals surface area contributed by atoms with E-state index in [1.807, 2.05) is 0 Å². The third kappa shape index (κ3) is 12.1. The molecule has 0 aromatic rings. The molecule has 0 aliphatic rings. The van der Waals surface area contributed by atoms with Crippen LogP contribution in [0.4, 0.5) is 0 Å². The van der Waals surface area contributed by atoms with Crippen molar-refractivity contribution < 1.29 is 30.0 Å². The van der Waals surface area contributed by atoms with Crippen molar-refractivity contribution in [3.05, 3.63) is 0 Å². The first-order chi connectivity index (χ1) is 5.45. The number of carbonyl (C=O) groups is 2. The van der Waals surface area contributed by atoms with Crippen molar-refractivity contribution in [1.82, 2.24) is 0 Å². The molecule has 0 bridgehead atoms. The SMILES string of the molecule is O=C(O)C(Br)CO.O=C(O)CO. The molecule has 0 saturated heterocycles. The number of hydrogen-bond acceptors (Lipinski definition) is 4. The molecule has 7 heteroatoms. The van der Waals surface area contributed by atoms with Gasteiger partial charge in [0.05, 0.1) is 6.61 Å². The molecule has 0 rings (SSSR count). The second-order valence-corrected chi connectivity index (χ2v) is 2.65. The first-order valence-corrected chi connectivity index (χ1v) is 3.67. The molecule has 0 amide bonds. The van der Waals surface area contributed by atoms with Crippen LogP contribution in [0.15, 0.2) is 0 Å². The highest BCUT2D eigenvalue weighted by molar-refractivity contribution is 9.10. The van der Waals surface area contributed by atoms with Gasteiger partial charge in [-0.1, -0.05) is 15.9 Å². The number of carboxylic acids is 2. The highest BCUT2D eigenvalue weighted by atomic mass is 79.9. The molecule has 1 unspecified atom stereocenters. The Labute approximate surface area is 76.6 Å². The van der Waals surface area contributed by atoms with E-state index < -0.39 is 23.4 Å². The predicted molar refractivity (Wildman–Crippen MR) is 42.2 cm³/mol. The van der Waals surface area contributed by atoms with Crippen LogP contribution in [-0.2, 0) is 9.59 Å². The molecule has 6 nitrogen and oxygen atoms in total. The minimum Gasteiger partial charge on any atom is -0.480 e. The topological polar surface area (TPSA) is 115 Å². The minimum absolute atomic E-state index is 0.366. The Hall–Kier alpha value is -0.660. The van der Waals surface area contributed by atoms with Crippen LogP contribution >= 0.6 is 15.9 Å². The summed E-state index contributed by atoms with van der Waals surface area (Å²) in [4.78, 5) is 18.0. The summed E-state index contributed by atoms with van der Waals surface area (Å²) in [7, 11) is 0. The van der Waals surface area contributed by atoms with Crippen molar-refractivity contribution in [1.29, 1.82) is 0 Å². The van der Waals surface area contributed by atoms with Gasteiger partial charge in [-0.2, -0.15) is 0 Å². The van der Waals surface area contributed by atoms with Gasteiger partial charge in [-0.3, -0.25) is 4.79 Å². The van der Waals surface area contributed by atoms with Crippen LogP contribution in [-0.4, -0.2) is 50.4 Å². The van der Waals surface area contributed by atoms with Crippen LogP contribution in [0.2, 0.25) is 0 Å². The Morgan fingerprint density at radius 2 is 1.58 bits per heavy atom. The maximum Gasteiger partial charge on any atom is 0.329 e. The van der Waals surface area contributed by atoms with Crippen LogP contribution in [0.1, 0.15) is 0 Å². The summed E-state index contributed by atoms with van der Waals surface area (Å²) in [5.41, 5.74) is 0. The molecule has 4 N–H and O–H groups in total. The van der Waals surface area contributed by atoms with Gasteiger partial charge >= 0.3 is 11.9 Å². The maximum absolute atomic E-state index is 9.72. The summed E-state index contributed by atoms with van der Waals surface area (Å²) in [6, 6.07) is 0. The number of hydrogen-bond donors (Lipinski definition) is 4. The number of alkyl halides is 1. The zero-order valence-corrected chi connectivity index (χ0v) is 7.56. The summed E-state index contributed by atoms with van der Waals surface area (Å²) < 4.78 is 0. The second-order valence-electron chi connectivity index (χ2n) is 1.54. The Balaban J connectivity index is 0. The van der Waals surface area contributed by atoms with E-state index in [0.29, 0.717) is 0 Å². The summed E-state index contributed by atoms with van der Waals surface area (Å²) in [5, 5.41) is 31.1. The lowest BCUT2D eigenvalue weighted by Gasteiger charge is -1.93. The molecule has 0 aliphatic heterocycles. The molecule has 12 heavy (non-hydrogen) atoms. The van der Waals surface area contributed by atoms with Crippen LogP contribution in [0.3, 0.4) is 0 Å². The monoisotopic (exact) mass is 244 g/mol. The van der Waals surface area contributed by atoms with Crippen LogP contribution < -0.4 is 0 Å². The minimum atomic E-state index is -1.19. The highest BCUT2D eigenvalue weighted by Gasteiger charge is 2.08. The number of halogens is 1. The van der Waals surface area contributed by atoms with E-state index >= 15 is 0 Å². The molecule has 0 heterocycles. The van der Waals surface area contributed by atoms with Crippen molar-refractivity contribution in [3.8, 4) is 0 Å². The first-order valence-electron chi connectivity index (χ1n) is 2.76. The lowest BCUT2D eigenvalue weighted by molar-refractivity contribution is -0.140. The number of carboxylic acid groups (broad SMARTS) is 2. The zero-order valence-electron chi connectivity index (χ0n) is 5.97. The Morgan fingerprint density at radius 1 is 1.25 bits per heavy atom. The van der Waals surface area contributed by atoms with Gasteiger partial charge in [0, 0.05) is 0 Å². The van der Waals surface area contributed by atoms with Crippen LogP contribution in [0.25, 0.3) is 0 Å². The normalized spacial score (nSPS) is 10.9. The largest absolute Gasteiger partial charge is 0.480 e. The molecule has 0 fully saturated rings. The fourth-order valence-corrected chi connectivity index (χ4v) is 0.0781. The maximum atomic E-state index is 9.72. The smallest absolute Gasteiger partial charge is 0.329 e. The molecule has 0 saturated carbocycles. The fraction of sp³-hybridized carbons (Fsp3) is 0.600. The van der Waals surface area contributed by atoms with Gasteiger partial charge in [0.15, 0.2) is 0 Å². The third-order valence-electron chi connectivity index (χ3n) is 0.564. The zero-order chi connectivity index (χ0) is 10.1. The van der Waals surface area contributed by atoms with Gasteiger partial charge in [0.25, 0.3) is 0 Å². The van der Waals surface area contributed by atoms with Gasteiger partial charge < -0.3 is 20.4 Å². The fourth-order valence-electron chi connectivity index (χ4n) is 0.0781. The highest BCUT2D eigenvalue weighted by Crippen LogP contribution is 1.95. The summed E-state index contributed by atoms with van der Waals surface area (Å²) in [5.74, 6) is -2.23. The van der Waals surface area contributed by atoms with E-state index in [-0.39, 0.29) is 6.61 Å². The lowest BCUT2D eigenvalue weighted by atomic mass is 10.5.